The Hall–Kier alpha value is -1.38. The molecule has 18 heavy (non-hydrogen) atoms. The number of ether oxygens (including phenoxy) is 1. The number of methoxy groups -OCH3 is 1. The van der Waals surface area contributed by atoms with Crippen molar-refractivity contribution in [1.82, 2.24) is 0 Å². The molecule has 3 nitrogen and oxygen atoms in total. The molecule has 2 aliphatic rings. The molecule has 1 saturated carbocycles. The first kappa shape index (κ1) is 11.7. The van der Waals surface area contributed by atoms with Crippen molar-refractivity contribution in [2.75, 3.05) is 37.5 Å². The van der Waals surface area contributed by atoms with E-state index in [1.165, 1.54) is 31.4 Å². The van der Waals surface area contributed by atoms with Gasteiger partial charge in [0.05, 0.1) is 12.8 Å². The first-order valence-electron chi connectivity index (χ1n) is 6.86. The van der Waals surface area contributed by atoms with E-state index >= 15 is 0 Å². The molecule has 1 aromatic rings. The second kappa shape index (κ2) is 4.38. The van der Waals surface area contributed by atoms with Crippen LogP contribution in [0.15, 0.2) is 18.2 Å². The van der Waals surface area contributed by atoms with Crippen LogP contribution >= 0.6 is 0 Å². The molecule has 0 amide bonds. The molecule has 98 valence electrons. The van der Waals surface area contributed by atoms with Gasteiger partial charge in [0.25, 0.3) is 0 Å². The Balaban J connectivity index is 1.96. The van der Waals surface area contributed by atoms with Crippen molar-refractivity contribution in [3.05, 3.63) is 18.2 Å². The van der Waals surface area contributed by atoms with Crippen LogP contribution < -0.4 is 15.0 Å². The third-order valence-electron chi connectivity index (χ3n) is 4.51. The van der Waals surface area contributed by atoms with E-state index in [1.807, 2.05) is 6.07 Å². The van der Waals surface area contributed by atoms with Crippen LogP contribution in [0.4, 0.5) is 11.4 Å². The van der Waals surface area contributed by atoms with E-state index in [2.05, 4.69) is 29.4 Å². The summed E-state index contributed by atoms with van der Waals surface area (Å²) < 4.78 is 5.48. The van der Waals surface area contributed by atoms with E-state index in [4.69, 9.17) is 4.74 Å². The molecule has 1 spiro atoms. The Morgan fingerprint density at radius 2 is 2.06 bits per heavy atom. The maximum absolute atomic E-state index is 5.48. The number of nitrogens with one attached hydrogen (secondary N) is 1. The predicted molar refractivity (Wildman–Crippen MR) is 75.7 cm³/mol. The molecule has 1 aliphatic heterocycles. The number of benzene rings is 1. The lowest BCUT2D eigenvalue weighted by atomic mass is 9.86. The second-order valence-corrected chi connectivity index (χ2v) is 5.77. The molecule has 0 bridgehead atoms. The van der Waals surface area contributed by atoms with E-state index in [-0.39, 0.29) is 0 Å². The summed E-state index contributed by atoms with van der Waals surface area (Å²) in [5, 5.41) is 3.64. The monoisotopic (exact) mass is 246 g/mol. The molecule has 1 N–H and O–H groups in total. The van der Waals surface area contributed by atoms with Gasteiger partial charge in [0.1, 0.15) is 11.4 Å². The summed E-state index contributed by atoms with van der Waals surface area (Å²) in [5.74, 6) is 0.953. The van der Waals surface area contributed by atoms with Gasteiger partial charge in [-0.15, -0.1) is 0 Å². The summed E-state index contributed by atoms with van der Waals surface area (Å²) in [6.45, 7) is 2.23. The third-order valence-corrected chi connectivity index (χ3v) is 4.51. The number of hydrogen-bond donors (Lipinski definition) is 1. The smallest absolute Gasteiger partial charge is 0.144 e. The van der Waals surface area contributed by atoms with Gasteiger partial charge in [-0.25, -0.2) is 0 Å². The number of hydrogen-bond acceptors (Lipinski definition) is 3. The molecule has 1 heterocycles. The van der Waals surface area contributed by atoms with Crippen molar-refractivity contribution >= 4 is 11.4 Å². The van der Waals surface area contributed by atoms with Crippen LogP contribution in [0.25, 0.3) is 0 Å². The molecule has 0 radical (unpaired) electrons. The van der Waals surface area contributed by atoms with Gasteiger partial charge >= 0.3 is 0 Å². The molecule has 0 aromatic heterocycles. The van der Waals surface area contributed by atoms with Crippen LogP contribution in [-0.4, -0.2) is 27.2 Å². The van der Waals surface area contributed by atoms with Crippen LogP contribution in [0.2, 0.25) is 0 Å². The fraction of sp³-hybridized carbons (Fsp3) is 0.600. The minimum absolute atomic E-state index is 0.457. The molecule has 1 aromatic carbocycles. The van der Waals surface area contributed by atoms with Crippen LogP contribution in [0.1, 0.15) is 25.7 Å². The molecule has 1 aliphatic carbocycles. The lowest BCUT2D eigenvalue weighted by Gasteiger charge is -2.31. The quantitative estimate of drug-likeness (QED) is 0.824. The summed E-state index contributed by atoms with van der Waals surface area (Å²) in [6.07, 6.45) is 5.45. The largest absolute Gasteiger partial charge is 0.495 e. The SMILES string of the molecule is COc1cccc2c1NCC1(CCCC1)CN2C. The van der Waals surface area contributed by atoms with E-state index in [0.717, 1.165) is 24.5 Å². The van der Waals surface area contributed by atoms with Gasteiger partial charge in [-0.2, -0.15) is 0 Å². The zero-order valence-electron chi connectivity index (χ0n) is 11.3. The molecule has 0 unspecified atom stereocenters. The zero-order chi connectivity index (χ0) is 12.6. The molecular weight excluding hydrogens is 224 g/mol. The minimum atomic E-state index is 0.457. The molecule has 0 atom stereocenters. The Kier molecular flexibility index (Phi) is 2.84. The van der Waals surface area contributed by atoms with Gasteiger partial charge in [-0.3, -0.25) is 0 Å². The predicted octanol–water partition coefficient (Wildman–Crippen LogP) is 3.12. The topological polar surface area (TPSA) is 24.5 Å². The van der Waals surface area contributed by atoms with Crippen LogP contribution in [0.5, 0.6) is 5.75 Å². The number of rotatable bonds is 1. The lowest BCUT2D eigenvalue weighted by Crippen LogP contribution is -2.36. The van der Waals surface area contributed by atoms with Crippen molar-refractivity contribution in [2.45, 2.75) is 25.7 Å². The van der Waals surface area contributed by atoms with Gasteiger partial charge in [0.15, 0.2) is 0 Å². The Bertz CT molecular complexity index is 438. The number of nitrogens with zero attached hydrogens (tertiary/aromatic N) is 1. The van der Waals surface area contributed by atoms with E-state index < -0.39 is 0 Å². The summed E-state index contributed by atoms with van der Waals surface area (Å²) in [4.78, 5) is 2.39. The highest BCUT2D eigenvalue weighted by atomic mass is 16.5. The maximum atomic E-state index is 5.48. The normalized spacial score (nSPS) is 21.3. The molecular formula is C15H22N2O. The van der Waals surface area contributed by atoms with Crippen molar-refractivity contribution in [3.63, 3.8) is 0 Å². The Morgan fingerprint density at radius 1 is 1.28 bits per heavy atom. The van der Waals surface area contributed by atoms with Gasteiger partial charge in [0.2, 0.25) is 0 Å². The second-order valence-electron chi connectivity index (χ2n) is 5.77. The number of para-hydroxylation sites is 1. The maximum Gasteiger partial charge on any atom is 0.144 e. The van der Waals surface area contributed by atoms with Gasteiger partial charge in [-0.05, 0) is 25.0 Å². The number of anilines is 2. The van der Waals surface area contributed by atoms with Crippen molar-refractivity contribution in [2.24, 2.45) is 5.41 Å². The van der Waals surface area contributed by atoms with E-state index in [1.54, 1.807) is 7.11 Å². The van der Waals surface area contributed by atoms with Crippen LogP contribution in [-0.2, 0) is 0 Å². The fourth-order valence-electron chi connectivity index (χ4n) is 3.57. The lowest BCUT2D eigenvalue weighted by molar-refractivity contribution is 0.330. The molecule has 1 fully saturated rings. The fourth-order valence-corrected chi connectivity index (χ4v) is 3.57. The zero-order valence-corrected chi connectivity index (χ0v) is 11.3. The first-order chi connectivity index (χ1) is 8.74. The molecule has 3 rings (SSSR count). The third kappa shape index (κ3) is 1.82. The highest BCUT2D eigenvalue weighted by Gasteiger charge is 2.37. The van der Waals surface area contributed by atoms with E-state index in [9.17, 15) is 0 Å². The first-order valence-corrected chi connectivity index (χ1v) is 6.86. The standard InChI is InChI=1S/C15H22N2O/c1-17-11-15(8-3-4-9-15)10-16-14-12(17)6-5-7-13(14)18-2/h5-7,16H,3-4,8-11H2,1-2H3. The van der Waals surface area contributed by atoms with Crippen molar-refractivity contribution < 1.29 is 4.74 Å². The minimum Gasteiger partial charge on any atom is -0.495 e. The molecule has 3 heteroatoms. The highest BCUT2D eigenvalue weighted by molar-refractivity contribution is 5.77. The average molecular weight is 246 g/mol. The molecule has 0 saturated heterocycles. The summed E-state index contributed by atoms with van der Waals surface area (Å²) >= 11 is 0. The van der Waals surface area contributed by atoms with Crippen LogP contribution in [0, 0.1) is 5.41 Å². The van der Waals surface area contributed by atoms with E-state index in [0.29, 0.717) is 5.41 Å². The van der Waals surface area contributed by atoms with Crippen molar-refractivity contribution in [3.8, 4) is 5.75 Å². The summed E-state index contributed by atoms with van der Waals surface area (Å²) in [7, 11) is 3.94. The highest BCUT2D eigenvalue weighted by Crippen LogP contribution is 2.45. The summed E-state index contributed by atoms with van der Waals surface area (Å²) in [6, 6.07) is 6.29. The Labute approximate surface area is 109 Å². The number of fused-ring (bicyclic) bond motifs is 1. The average Bonchev–Trinajstić information content (AvgIpc) is 2.78. The van der Waals surface area contributed by atoms with Gasteiger partial charge in [-0.1, -0.05) is 18.9 Å². The van der Waals surface area contributed by atoms with Gasteiger partial charge in [0, 0.05) is 25.6 Å². The van der Waals surface area contributed by atoms with Gasteiger partial charge < -0.3 is 15.0 Å². The van der Waals surface area contributed by atoms with Crippen LogP contribution in [0.3, 0.4) is 0 Å². The summed E-state index contributed by atoms with van der Waals surface area (Å²) in [5.41, 5.74) is 2.88. The Morgan fingerprint density at radius 3 is 2.78 bits per heavy atom. The van der Waals surface area contributed by atoms with Crippen molar-refractivity contribution in [1.29, 1.82) is 0 Å².